The summed E-state index contributed by atoms with van der Waals surface area (Å²) in [5.74, 6) is -9.31. The van der Waals surface area contributed by atoms with Gasteiger partial charge in [-0.3, -0.25) is 0 Å². The molecule has 72 valence electrons. The molecule has 0 fully saturated rings. The Kier molecular flexibility index (Phi) is 4.17. The summed E-state index contributed by atoms with van der Waals surface area (Å²) < 4.78 is 61.0. The van der Waals surface area contributed by atoms with Gasteiger partial charge in [0.2, 0.25) is 0 Å². The van der Waals surface area contributed by atoms with E-state index in [0.717, 1.165) is 0 Å². The maximum atomic E-state index is 12.4. The van der Waals surface area contributed by atoms with Gasteiger partial charge in [0.15, 0.2) is 29.1 Å². The lowest BCUT2D eigenvalue weighted by Crippen LogP contribution is -2.20. The molecule has 0 saturated heterocycles. The zero-order valence-electron chi connectivity index (χ0n) is 6.30. The summed E-state index contributed by atoms with van der Waals surface area (Å²) >= 11 is -0.223. The van der Waals surface area contributed by atoms with Crippen molar-refractivity contribution in [2.24, 2.45) is 0 Å². The van der Waals surface area contributed by atoms with Crippen LogP contribution in [0.15, 0.2) is 0 Å². The van der Waals surface area contributed by atoms with E-state index >= 15 is 0 Å². The van der Waals surface area contributed by atoms with Crippen LogP contribution >= 0.6 is 12.4 Å². The molecule has 0 radical (unpaired) electrons. The minimum absolute atomic E-state index is 0. The summed E-state index contributed by atoms with van der Waals surface area (Å²) in [5, 5.41) is 0. The van der Waals surface area contributed by atoms with Crippen molar-refractivity contribution >= 4 is 33.1 Å². The number of benzene rings is 1. The first-order valence-electron chi connectivity index (χ1n) is 2.94. The third kappa shape index (κ3) is 1.96. The maximum Gasteiger partial charge on any atom is 0.268 e. The first kappa shape index (κ1) is 12.7. The minimum Gasteiger partial charge on any atom is -0.205 e. The van der Waals surface area contributed by atoms with Gasteiger partial charge < -0.3 is 0 Å². The van der Waals surface area contributed by atoms with Gasteiger partial charge in [0.05, 0.1) is 0 Å². The summed E-state index contributed by atoms with van der Waals surface area (Å²) in [6.45, 7) is 0. The number of rotatable bonds is 0. The summed E-state index contributed by atoms with van der Waals surface area (Å²) in [6, 6.07) is 0. The van der Waals surface area contributed by atoms with Crippen LogP contribution in [0, 0.1) is 29.1 Å². The van der Waals surface area contributed by atoms with Gasteiger partial charge in [-0.05, 0) is 4.43 Å². The molecule has 0 bridgehead atoms. The Hall–Kier alpha value is -0.308. The van der Waals surface area contributed by atoms with Crippen LogP contribution in [-0.2, 0) is 0 Å². The molecule has 13 heavy (non-hydrogen) atoms. The van der Waals surface area contributed by atoms with Crippen molar-refractivity contribution in [3.8, 4) is 0 Å². The standard InChI is InChI=1S/C6F5.Al.ClH.2H/c7-2-1-3(8)5(10)6(11)4(2)9;;;;/h;;1H;;. The average molecular weight is 233 g/mol. The molecule has 0 aliphatic carbocycles. The molecule has 1 aromatic carbocycles. The lowest BCUT2D eigenvalue weighted by molar-refractivity contribution is 0.384. The van der Waals surface area contributed by atoms with Crippen molar-refractivity contribution in [3.63, 3.8) is 0 Å². The van der Waals surface area contributed by atoms with E-state index in [0.29, 0.717) is 0 Å². The molecular formula is C6H3AlClF5. The Morgan fingerprint density at radius 1 is 0.615 bits per heavy atom. The Morgan fingerprint density at radius 3 is 1.15 bits per heavy atom. The van der Waals surface area contributed by atoms with Gasteiger partial charge in [-0.1, -0.05) is 0 Å². The number of halogens is 6. The molecule has 0 N–H and O–H groups in total. The average Bonchev–Trinajstić information content (AvgIpc) is 2.08. The third-order valence-electron chi connectivity index (χ3n) is 1.43. The Balaban J connectivity index is 0.00000144. The van der Waals surface area contributed by atoms with Gasteiger partial charge in [-0.15, -0.1) is 12.4 Å². The number of hydrogen-bond acceptors (Lipinski definition) is 0. The van der Waals surface area contributed by atoms with Crippen LogP contribution in [0.4, 0.5) is 22.0 Å². The molecule has 0 aromatic heterocycles. The van der Waals surface area contributed by atoms with Gasteiger partial charge in [-0.2, -0.15) is 0 Å². The van der Waals surface area contributed by atoms with Gasteiger partial charge in [0.25, 0.3) is 16.3 Å². The highest BCUT2D eigenvalue weighted by molar-refractivity contribution is 6.32. The van der Waals surface area contributed by atoms with Gasteiger partial charge >= 0.3 is 0 Å². The molecule has 0 nitrogen and oxygen atoms in total. The van der Waals surface area contributed by atoms with Crippen LogP contribution in [-0.4, -0.2) is 16.3 Å². The van der Waals surface area contributed by atoms with Crippen LogP contribution in [0.5, 0.6) is 0 Å². The fourth-order valence-corrected chi connectivity index (χ4v) is 1.15. The van der Waals surface area contributed by atoms with E-state index in [1.165, 1.54) is 0 Å². The zero-order valence-corrected chi connectivity index (χ0v) is 9.11. The predicted octanol–water partition coefficient (Wildman–Crippen LogP) is 1.06. The molecular weight excluding hydrogens is 229 g/mol. The van der Waals surface area contributed by atoms with Crippen LogP contribution < -0.4 is 4.43 Å². The summed E-state index contributed by atoms with van der Waals surface area (Å²) in [6.07, 6.45) is 0. The van der Waals surface area contributed by atoms with Crippen molar-refractivity contribution < 1.29 is 22.0 Å². The maximum absolute atomic E-state index is 12.4. The largest absolute Gasteiger partial charge is 0.268 e. The molecule has 0 atom stereocenters. The molecule has 0 spiro atoms. The monoisotopic (exact) mass is 232 g/mol. The fourth-order valence-electron chi connectivity index (χ4n) is 0.715. The normalized spacial score (nSPS) is 9.62. The second-order valence-electron chi connectivity index (χ2n) is 2.19. The van der Waals surface area contributed by atoms with E-state index in [4.69, 9.17) is 0 Å². The molecule has 0 heterocycles. The fraction of sp³-hybridized carbons (Fsp3) is 0. The Labute approximate surface area is 84.6 Å². The van der Waals surface area contributed by atoms with Crippen molar-refractivity contribution in [3.05, 3.63) is 29.1 Å². The number of hydrogen-bond donors (Lipinski definition) is 0. The van der Waals surface area contributed by atoms with Crippen molar-refractivity contribution in [1.82, 2.24) is 0 Å². The molecule has 0 unspecified atom stereocenters. The van der Waals surface area contributed by atoms with Gasteiger partial charge in [0.1, 0.15) is 0 Å². The first-order chi connectivity index (χ1) is 5.46. The molecule has 0 amide bonds. The van der Waals surface area contributed by atoms with Crippen molar-refractivity contribution in [2.45, 2.75) is 0 Å². The lowest BCUT2D eigenvalue weighted by atomic mass is 10.3. The second-order valence-corrected chi connectivity index (χ2v) is 3.19. The lowest BCUT2D eigenvalue weighted by Gasteiger charge is -2.02. The van der Waals surface area contributed by atoms with E-state index in [1.54, 1.807) is 0 Å². The predicted molar refractivity (Wildman–Crippen MR) is 41.7 cm³/mol. The van der Waals surface area contributed by atoms with Crippen LogP contribution in [0.2, 0.25) is 0 Å². The second kappa shape index (κ2) is 4.27. The molecule has 1 aromatic rings. The van der Waals surface area contributed by atoms with Crippen molar-refractivity contribution in [2.75, 3.05) is 0 Å². The van der Waals surface area contributed by atoms with Crippen LogP contribution in [0.1, 0.15) is 0 Å². The third-order valence-corrected chi connectivity index (χ3v) is 2.31. The smallest absolute Gasteiger partial charge is 0.205 e. The first-order valence-corrected chi connectivity index (χ1v) is 3.94. The van der Waals surface area contributed by atoms with E-state index in [-0.39, 0.29) is 28.7 Å². The molecule has 0 aliphatic rings. The zero-order chi connectivity index (χ0) is 9.46. The summed E-state index contributed by atoms with van der Waals surface area (Å²) in [5.41, 5.74) is 0. The quantitative estimate of drug-likeness (QED) is 0.272. The summed E-state index contributed by atoms with van der Waals surface area (Å²) in [4.78, 5) is 0. The molecule has 7 heteroatoms. The Bertz CT molecular complexity index is 235. The van der Waals surface area contributed by atoms with Crippen molar-refractivity contribution in [1.29, 1.82) is 0 Å². The molecule has 1 rings (SSSR count). The highest BCUT2D eigenvalue weighted by Gasteiger charge is 2.22. The van der Waals surface area contributed by atoms with Gasteiger partial charge in [-0.25, -0.2) is 22.0 Å². The SMILES string of the molecule is Cl.Fc1c(F)c(F)[c]([AlH2])c(F)c1F. The highest BCUT2D eigenvalue weighted by atomic mass is 35.5. The summed E-state index contributed by atoms with van der Waals surface area (Å²) in [7, 11) is 0. The molecule has 0 aliphatic heterocycles. The van der Waals surface area contributed by atoms with E-state index in [2.05, 4.69) is 0 Å². The Morgan fingerprint density at radius 2 is 0.846 bits per heavy atom. The van der Waals surface area contributed by atoms with Crippen LogP contribution in [0.3, 0.4) is 0 Å². The van der Waals surface area contributed by atoms with E-state index in [9.17, 15) is 22.0 Å². The topological polar surface area (TPSA) is 0 Å². The van der Waals surface area contributed by atoms with Crippen LogP contribution in [0.25, 0.3) is 0 Å². The van der Waals surface area contributed by atoms with Gasteiger partial charge in [0, 0.05) is 0 Å². The van der Waals surface area contributed by atoms with E-state index < -0.39 is 33.5 Å². The molecule has 0 saturated carbocycles. The highest BCUT2D eigenvalue weighted by Crippen LogP contribution is 2.14. The van der Waals surface area contributed by atoms with E-state index in [1.807, 2.05) is 0 Å². The minimum atomic E-state index is -2.11.